The third-order valence-electron chi connectivity index (χ3n) is 4.99. The minimum Gasteiger partial charge on any atom is -0.394 e. The van der Waals surface area contributed by atoms with Gasteiger partial charge in [0.1, 0.15) is 24.6 Å². The molecule has 0 saturated carbocycles. The maximum atomic E-state index is 10.2. The molecule has 3 heterocycles. The summed E-state index contributed by atoms with van der Waals surface area (Å²) in [6, 6.07) is 0. The Hall–Kier alpha value is -1.85. The van der Waals surface area contributed by atoms with E-state index < -0.39 is 24.5 Å². The number of imidazole rings is 1. The van der Waals surface area contributed by atoms with Crippen molar-refractivity contribution in [2.75, 3.05) is 38.1 Å². The van der Waals surface area contributed by atoms with Crippen molar-refractivity contribution in [3.63, 3.8) is 0 Å². The van der Waals surface area contributed by atoms with E-state index in [0.717, 1.165) is 32.6 Å². The number of hydrogen-bond acceptors (Lipinski definition) is 9. The summed E-state index contributed by atoms with van der Waals surface area (Å²) in [5.41, 5.74) is 1.06. The monoisotopic (exact) mass is 380 g/mol. The molecular formula is C17H28N6O4. The molecule has 0 aromatic carbocycles. The van der Waals surface area contributed by atoms with E-state index in [4.69, 9.17) is 4.74 Å². The molecule has 4 N–H and O–H groups in total. The van der Waals surface area contributed by atoms with Crippen LogP contribution in [0.2, 0.25) is 0 Å². The van der Waals surface area contributed by atoms with E-state index in [9.17, 15) is 15.3 Å². The molecule has 1 saturated heterocycles. The number of anilines is 1. The van der Waals surface area contributed by atoms with Crippen molar-refractivity contribution >= 4 is 17.0 Å². The van der Waals surface area contributed by atoms with Gasteiger partial charge in [-0.05, 0) is 26.1 Å². The lowest BCUT2D eigenvalue weighted by Crippen LogP contribution is -2.33. The average Bonchev–Trinajstić information content (AvgIpc) is 3.24. The second-order valence-corrected chi connectivity index (χ2v) is 6.58. The van der Waals surface area contributed by atoms with Crippen molar-refractivity contribution in [1.82, 2.24) is 24.4 Å². The molecule has 10 heteroatoms. The Bertz CT molecular complexity index is 737. The van der Waals surface area contributed by atoms with Crippen molar-refractivity contribution < 1.29 is 20.1 Å². The average molecular weight is 380 g/mol. The van der Waals surface area contributed by atoms with Gasteiger partial charge in [-0.3, -0.25) is 4.57 Å². The van der Waals surface area contributed by atoms with Crippen molar-refractivity contribution in [1.29, 1.82) is 0 Å². The van der Waals surface area contributed by atoms with Gasteiger partial charge in [0.05, 0.1) is 12.9 Å². The van der Waals surface area contributed by atoms with Crippen molar-refractivity contribution in [2.45, 2.75) is 44.8 Å². The highest BCUT2D eigenvalue weighted by Crippen LogP contribution is 2.31. The molecule has 150 valence electrons. The Morgan fingerprint density at radius 3 is 2.63 bits per heavy atom. The second kappa shape index (κ2) is 8.89. The Balaban J connectivity index is 1.71. The van der Waals surface area contributed by atoms with Crippen molar-refractivity contribution in [3.05, 3.63) is 12.7 Å². The van der Waals surface area contributed by atoms with E-state index in [2.05, 4.69) is 39.0 Å². The number of aromatic nitrogens is 4. The standard InChI is InChI=1S/C17H28N6O4/c1-3-22(4-2)7-5-6-18-15-12-16(20-9-19-15)23(10-21-12)17-14(26)13(25)11(8-24)27-17/h9-11,13-14,17,24-26H,3-8H2,1-2H3,(H,18,19,20)/t11-,13-,14-,17-/m1/s1. The third kappa shape index (κ3) is 4.04. The predicted octanol–water partition coefficient (Wildman–Crippen LogP) is -0.418. The van der Waals surface area contributed by atoms with Crippen LogP contribution in [0.1, 0.15) is 26.5 Å². The lowest BCUT2D eigenvalue weighted by molar-refractivity contribution is -0.0511. The fourth-order valence-corrected chi connectivity index (χ4v) is 3.33. The zero-order chi connectivity index (χ0) is 19.4. The molecule has 2 aromatic rings. The highest BCUT2D eigenvalue weighted by molar-refractivity contribution is 5.82. The topological polar surface area (TPSA) is 129 Å². The molecule has 0 amide bonds. The molecule has 0 aliphatic carbocycles. The van der Waals surface area contributed by atoms with Crippen LogP contribution < -0.4 is 5.32 Å². The van der Waals surface area contributed by atoms with Gasteiger partial charge in [-0.15, -0.1) is 0 Å². The van der Waals surface area contributed by atoms with Gasteiger partial charge in [0, 0.05) is 6.54 Å². The van der Waals surface area contributed by atoms with Crippen LogP contribution in [-0.2, 0) is 4.74 Å². The van der Waals surface area contributed by atoms with E-state index in [1.807, 2.05) is 0 Å². The molecule has 0 radical (unpaired) electrons. The van der Waals surface area contributed by atoms with Crippen LogP contribution in [0.5, 0.6) is 0 Å². The minimum atomic E-state index is -1.18. The first-order valence-electron chi connectivity index (χ1n) is 9.36. The van der Waals surface area contributed by atoms with Gasteiger partial charge < -0.3 is 30.3 Å². The van der Waals surface area contributed by atoms with Gasteiger partial charge in [-0.2, -0.15) is 0 Å². The van der Waals surface area contributed by atoms with E-state index in [1.54, 1.807) is 4.57 Å². The predicted molar refractivity (Wildman–Crippen MR) is 99.2 cm³/mol. The first-order valence-corrected chi connectivity index (χ1v) is 9.36. The van der Waals surface area contributed by atoms with Gasteiger partial charge >= 0.3 is 0 Å². The summed E-state index contributed by atoms with van der Waals surface area (Å²) in [6.45, 7) is 7.74. The first-order chi connectivity index (χ1) is 13.1. The Morgan fingerprint density at radius 2 is 1.96 bits per heavy atom. The Labute approximate surface area is 157 Å². The van der Waals surface area contributed by atoms with Crippen LogP contribution in [0.15, 0.2) is 12.7 Å². The lowest BCUT2D eigenvalue weighted by Gasteiger charge is -2.18. The van der Waals surface area contributed by atoms with Crippen LogP contribution in [0, 0.1) is 0 Å². The third-order valence-corrected chi connectivity index (χ3v) is 4.99. The Morgan fingerprint density at radius 1 is 1.19 bits per heavy atom. The number of nitrogens with zero attached hydrogens (tertiary/aromatic N) is 5. The molecule has 1 aliphatic rings. The summed E-state index contributed by atoms with van der Waals surface area (Å²) >= 11 is 0. The second-order valence-electron chi connectivity index (χ2n) is 6.58. The zero-order valence-electron chi connectivity index (χ0n) is 15.7. The molecule has 1 aliphatic heterocycles. The number of nitrogens with one attached hydrogen (secondary N) is 1. The van der Waals surface area contributed by atoms with Crippen molar-refractivity contribution in [3.8, 4) is 0 Å². The largest absolute Gasteiger partial charge is 0.394 e. The SMILES string of the molecule is CCN(CC)CCCNc1ncnc2c1ncn2[C@@H]1O[C@H](CO)[C@@H](O)[C@H]1O. The van der Waals surface area contributed by atoms with Crippen LogP contribution in [0.3, 0.4) is 0 Å². The highest BCUT2D eigenvalue weighted by Gasteiger charge is 2.44. The van der Waals surface area contributed by atoms with E-state index in [0.29, 0.717) is 17.0 Å². The number of hydrogen-bond donors (Lipinski definition) is 4. The normalized spacial score (nSPS) is 25.6. The quantitative estimate of drug-likeness (QED) is 0.429. The van der Waals surface area contributed by atoms with E-state index >= 15 is 0 Å². The number of ether oxygens (including phenoxy) is 1. The highest BCUT2D eigenvalue weighted by atomic mass is 16.6. The molecule has 27 heavy (non-hydrogen) atoms. The van der Waals surface area contributed by atoms with E-state index in [-0.39, 0.29) is 6.61 Å². The molecule has 1 fully saturated rings. The molecule has 4 atom stereocenters. The van der Waals surface area contributed by atoms with Crippen LogP contribution >= 0.6 is 0 Å². The number of aliphatic hydroxyl groups is 3. The van der Waals surface area contributed by atoms with Gasteiger partial charge in [0.15, 0.2) is 23.2 Å². The number of rotatable bonds is 9. The van der Waals surface area contributed by atoms with Gasteiger partial charge in [0.25, 0.3) is 0 Å². The van der Waals surface area contributed by atoms with Crippen LogP contribution in [0.4, 0.5) is 5.82 Å². The van der Waals surface area contributed by atoms with Crippen LogP contribution in [-0.4, -0.2) is 90.8 Å². The minimum absolute atomic E-state index is 0.379. The molecule has 10 nitrogen and oxygen atoms in total. The fraction of sp³-hybridized carbons (Fsp3) is 0.706. The summed E-state index contributed by atoms with van der Waals surface area (Å²) in [7, 11) is 0. The van der Waals surface area contributed by atoms with Gasteiger partial charge in [-0.1, -0.05) is 13.8 Å². The lowest BCUT2D eigenvalue weighted by atomic mass is 10.1. The fourth-order valence-electron chi connectivity index (χ4n) is 3.33. The smallest absolute Gasteiger partial charge is 0.167 e. The molecular weight excluding hydrogens is 352 g/mol. The molecule has 0 unspecified atom stereocenters. The molecule has 0 bridgehead atoms. The summed E-state index contributed by atoms with van der Waals surface area (Å²) in [5, 5.41) is 32.7. The zero-order valence-corrected chi connectivity index (χ0v) is 15.7. The maximum Gasteiger partial charge on any atom is 0.167 e. The number of fused-ring (bicyclic) bond motifs is 1. The summed E-state index contributed by atoms with van der Waals surface area (Å²) in [6.07, 6.45) is -0.163. The summed E-state index contributed by atoms with van der Waals surface area (Å²) < 4.78 is 7.12. The Kier molecular flexibility index (Phi) is 6.55. The maximum absolute atomic E-state index is 10.2. The van der Waals surface area contributed by atoms with Gasteiger partial charge in [-0.25, -0.2) is 15.0 Å². The summed E-state index contributed by atoms with van der Waals surface area (Å²) in [4.78, 5) is 15.2. The van der Waals surface area contributed by atoms with Crippen LogP contribution in [0.25, 0.3) is 11.2 Å². The van der Waals surface area contributed by atoms with Crippen molar-refractivity contribution in [2.24, 2.45) is 0 Å². The molecule has 0 spiro atoms. The van der Waals surface area contributed by atoms with E-state index in [1.165, 1.54) is 12.7 Å². The molecule has 3 rings (SSSR count). The summed E-state index contributed by atoms with van der Waals surface area (Å²) in [5.74, 6) is 0.616. The number of aliphatic hydroxyl groups excluding tert-OH is 3. The van der Waals surface area contributed by atoms with Gasteiger partial charge in [0.2, 0.25) is 0 Å². The first kappa shape index (κ1) is 19.9. The molecule has 2 aromatic heterocycles.